The fourth-order valence-electron chi connectivity index (χ4n) is 2.87. The van der Waals surface area contributed by atoms with Crippen LogP contribution in [0.15, 0.2) is 54.6 Å². The van der Waals surface area contributed by atoms with Crippen molar-refractivity contribution in [3.63, 3.8) is 0 Å². The van der Waals surface area contributed by atoms with Gasteiger partial charge in [0, 0.05) is 26.2 Å². The summed E-state index contributed by atoms with van der Waals surface area (Å²) in [5.41, 5.74) is 1.14. The number of carbonyl (C=O) groups is 2. The van der Waals surface area contributed by atoms with Crippen molar-refractivity contribution in [1.82, 2.24) is 9.80 Å². The van der Waals surface area contributed by atoms with Gasteiger partial charge >= 0.3 is 6.09 Å². The molecule has 1 aliphatic rings. The monoisotopic (exact) mass is 368 g/mol. The molecule has 0 atom stereocenters. The van der Waals surface area contributed by atoms with E-state index in [4.69, 9.17) is 9.47 Å². The number of aryl methyl sites for hydroxylation is 1. The number of hydrogen-bond donors (Lipinski definition) is 0. The van der Waals surface area contributed by atoms with Crippen molar-refractivity contribution in [2.45, 2.75) is 13.3 Å². The van der Waals surface area contributed by atoms with E-state index in [-0.39, 0.29) is 18.6 Å². The first kappa shape index (κ1) is 18.8. The Kier molecular flexibility index (Phi) is 6.30. The molecule has 142 valence electrons. The minimum Gasteiger partial charge on any atom is -0.484 e. The Morgan fingerprint density at radius 3 is 2.26 bits per heavy atom. The molecule has 1 heterocycles. The number of benzene rings is 2. The summed E-state index contributed by atoms with van der Waals surface area (Å²) >= 11 is 0. The average molecular weight is 368 g/mol. The number of nitrogens with zero attached hydrogens (tertiary/aromatic N) is 2. The molecule has 1 aliphatic heterocycles. The van der Waals surface area contributed by atoms with Crippen molar-refractivity contribution >= 4 is 12.0 Å². The van der Waals surface area contributed by atoms with E-state index >= 15 is 0 Å². The van der Waals surface area contributed by atoms with E-state index in [2.05, 4.69) is 0 Å². The summed E-state index contributed by atoms with van der Waals surface area (Å²) in [4.78, 5) is 28.1. The van der Waals surface area contributed by atoms with Crippen molar-refractivity contribution < 1.29 is 19.1 Å². The lowest BCUT2D eigenvalue weighted by molar-refractivity contribution is -0.133. The van der Waals surface area contributed by atoms with E-state index in [9.17, 15) is 9.59 Å². The molecule has 0 spiro atoms. The maximum absolute atomic E-state index is 12.4. The fourth-order valence-corrected chi connectivity index (χ4v) is 2.87. The third-order valence-corrected chi connectivity index (χ3v) is 4.44. The molecule has 1 saturated heterocycles. The molecule has 0 saturated carbocycles. The van der Waals surface area contributed by atoms with Crippen LogP contribution in [0, 0.1) is 6.92 Å². The molecule has 0 aliphatic carbocycles. The lowest BCUT2D eigenvalue weighted by Crippen LogP contribution is -2.40. The van der Waals surface area contributed by atoms with Gasteiger partial charge in [0.1, 0.15) is 11.5 Å². The molecular weight excluding hydrogens is 344 g/mol. The van der Waals surface area contributed by atoms with E-state index in [1.54, 1.807) is 21.9 Å². The van der Waals surface area contributed by atoms with Crippen LogP contribution in [0.1, 0.15) is 12.0 Å². The number of hydrogen-bond acceptors (Lipinski definition) is 4. The van der Waals surface area contributed by atoms with Crippen molar-refractivity contribution in [3.05, 3.63) is 60.2 Å². The summed E-state index contributed by atoms with van der Waals surface area (Å²) < 4.78 is 11.0. The zero-order valence-electron chi connectivity index (χ0n) is 15.5. The number of carbonyl (C=O) groups excluding carboxylic acids is 2. The molecule has 0 bridgehead atoms. The van der Waals surface area contributed by atoms with Crippen LogP contribution in [0.2, 0.25) is 0 Å². The van der Waals surface area contributed by atoms with E-state index in [0.29, 0.717) is 44.1 Å². The summed E-state index contributed by atoms with van der Waals surface area (Å²) in [5.74, 6) is 1.12. The van der Waals surface area contributed by atoms with Crippen molar-refractivity contribution in [2.24, 2.45) is 0 Å². The summed E-state index contributed by atoms with van der Waals surface area (Å²) in [6, 6.07) is 16.6. The average Bonchev–Trinajstić information content (AvgIpc) is 2.94. The molecule has 1 fully saturated rings. The van der Waals surface area contributed by atoms with Crippen LogP contribution in [0.3, 0.4) is 0 Å². The molecular formula is C21H24N2O4. The first-order valence-corrected chi connectivity index (χ1v) is 9.11. The second-order valence-corrected chi connectivity index (χ2v) is 6.50. The van der Waals surface area contributed by atoms with Gasteiger partial charge in [0.15, 0.2) is 6.61 Å². The summed E-state index contributed by atoms with van der Waals surface area (Å²) in [6.07, 6.45) is 0.326. The Labute approximate surface area is 159 Å². The quantitative estimate of drug-likeness (QED) is 0.832. The highest BCUT2D eigenvalue weighted by atomic mass is 16.6. The Balaban J connectivity index is 1.47. The maximum atomic E-state index is 12.4. The SMILES string of the molecule is Cc1ccc(OCC(=O)N2CCCN(C(=O)Oc3ccccc3)CC2)cc1. The molecule has 0 aromatic heterocycles. The van der Waals surface area contributed by atoms with Crippen LogP contribution in [0.25, 0.3) is 0 Å². The molecule has 6 heteroatoms. The van der Waals surface area contributed by atoms with Crippen molar-refractivity contribution in [1.29, 1.82) is 0 Å². The van der Waals surface area contributed by atoms with Gasteiger partial charge in [-0.1, -0.05) is 35.9 Å². The van der Waals surface area contributed by atoms with Gasteiger partial charge in [0.05, 0.1) is 0 Å². The molecule has 3 rings (SSSR count). The van der Waals surface area contributed by atoms with Gasteiger partial charge in [0.25, 0.3) is 5.91 Å². The zero-order valence-corrected chi connectivity index (χ0v) is 15.5. The van der Waals surface area contributed by atoms with Crippen LogP contribution < -0.4 is 9.47 Å². The van der Waals surface area contributed by atoms with Gasteiger partial charge in [0.2, 0.25) is 0 Å². The lowest BCUT2D eigenvalue weighted by Gasteiger charge is -2.22. The van der Waals surface area contributed by atoms with Crippen LogP contribution >= 0.6 is 0 Å². The van der Waals surface area contributed by atoms with Crippen molar-refractivity contribution in [3.8, 4) is 11.5 Å². The largest absolute Gasteiger partial charge is 0.484 e. The molecule has 2 aromatic carbocycles. The molecule has 6 nitrogen and oxygen atoms in total. The van der Waals surface area contributed by atoms with E-state index in [1.807, 2.05) is 49.4 Å². The van der Waals surface area contributed by atoms with E-state index in [0.717, 1.165) is 5.56 Å². The molecule has 27 heavy (non-hydrogen) atoms. The topological polar surface area (TPSA) is 59.1 Å². The Morgan fingerprint density at radius 2 is 1.52 bits per heavy atom. The van der Waals surface area contributed by atoms with Crippen LogP contribution in [0.5, 0.6) is 11.5 Å². The Bertz CT molecular complexity index is 762. The maximum Gasteiger partial charge on any atom is 0.415 e. The number of amides is 2. The molecule has 2 aromatic rings. The summed E-state index contributed by atoms with van der Waals surface area (Å²) in [6.45, 7) is 4.08. The van der Waals surface area contributed by atoms with Gasteiger partial charge in [-0.2, -0.15) is 0 Å². The van der Waals surface area contributed by atoms with Gasteiger partial charge in [-0.3, -0.25) is 4.79 Å². The second kappa shape index (κ2) is 9.07. The standard InChI is InChI=1S/C21H24N2O4/c1-17-8-10-18(11-9-17)26-16-20(24)22-12-5-13-23(15-14-22)21(25)27-19-6-3-2-4-7-19/h2-4,6-11H,5,12-16H2,1H3. The number of ether oxygens (including phenoxy) is 2. The highest BCUT2D eigenvalue weighted by Gasteiger charge is 2.23. The van der Waals surface area contributed by atoms with Gasteiger partial charge < -0.3 is 19.3 Å². The number of para-hydroxylation sites is 1. The highest BCUT2D eigenvalue weighted by molar-refractivity contribution is 5.78. The third-order valence-electron chi connectivity index (χ3n) is 4.44. The smallest absolute Gasteiger partial charge is 0.415 e. The third kappa shape index (κ3) is 5.48. The predicted molar refractivity (Wildman–Crippen MR) is 102 cm³/mol. The zero-order chi connectivity index (χ0) is 19.1. The second-order valence-electron chi connectivity index (χ2n) is 6.50. The summed E-state index contributed by atoms with van der Waals surface area (Å²) in [7, 11) is 0. The molecule has 0 unspecified atom stereocenters. The van der Waals surface area contributed by atoms with E-state index in [1.165, 1.54) is 0 Å². The van der Waals surface area contributed by atoms with Crippen molar-refractivity contribution in [2.75, 3.05) is 32.8 Å². The minimum absolute atomic E-state index is 0.00246. The fraction of sp³-hybridized carbons (Fsp3) is 0.333. The van der Waals surface area contributed by atoms with Gasteiger partial charge in [-0.05, 0) is 37.6 Å². The molecule has 2 amide bonds. The van der Waals surface area contributed by atoms with Crippen LogP contribution in [-0.2, 0) is 4.79 Å². The van der Waals surface area contributed by atoms with Crippen LogP contribution in [-0.4, -0.2) is 54.6 Å². The van der Waals surface area contributed by atoms with Gasteiger partial charge in [-0.15, -0.1) is 0 Å². The molecule has 0 radical (unpaired) electrons. The first-order chi connectivity index (χ1) is 13.1. The lowest BCUT2D eigenvalue weighted by atomic mass is 10.2. The Morgan fingerprint density at radius 1 is 0.852 bits per heavy atom. The predicted octanol–water partition coefficient (Wildman–Crippen LogP) is 3.11. The number of rotatable bonds is 4. The Hall–Kier alpha value is -3.02. The highest BCUT2D eigenvalue weighted by Crippen LogP contribution is 2.13. The van der Waals surface area contributed by atoms with Gasteiger partial charge in [-0.25, -0.2) is 4.79 Å². The molecule has 0 N–H and O–H groups in total. The van der Waals surface area contributed by atoms with E-state index < -0.39 is 0 Å². The summed E-state index contributed by atoms with van der Waals surface area (Å²) in [5, 5.41) is 0. The first-order valence-electron chi connectivity index (χ1n) is 9.11. The van der Waals surface area contributed by atoms with Crippen LogP contribution in [0.4, 0.5) is 4.79 Å². The normalized spacial score (nSPS) is 14.4. The minimum atomic E-state index is -0.383.